The van der Waals surface area contributed by atoms with Gasteiger partial charge in [0.15, 0.2) is 5.06 Å². The summed E-state index contributed by atoms with van der Waals surface area (Å²) < 4.78 is 16.0. The van der Waals surface area contributed by atoms with Gasteiger partial charge in [0.25, 0.3) is 0 Å². The molecule has 0 bridgehead atoms. The van der Waals surface area contributed by atoms with Gasteiger partial charge in [0.1, 0.15) is 17.2 Å². The van der Waals surface area contributed by atoms with Gasteiger partial charge in [-0.05, 0) is 17.5 Å². The van der Waals surface area contributed by atoms with Crippen LogP contribution in [0, 0.1) is 0 Å². The molecule has 1 aromatic carbocycles. The van der Waals surface area contributed by atoms with Gasteiger partial charge in [-0.3, -0.25) is 0 Å². The van der Waals surface area contributed by atoms with Crippen LogP contribution >= 0.6 is 11.3 Å². The average molecular weight is 236 g/mol. The number of ether oxygens (including phenoxy) is 3. The van der Waals surface area contributed by atoms with E-state index in [-0.39, 0.29) is 0 Å². The van der Waals surface area contributed by atoms with Gasteiger partial charge < -0.3 is 14.2 Å². The second-order valence-electron chi connectivity index (χ2n) is 3.08. The molecule has 0 fully saturated rings. The fourth-order valence-electron chi connectivity index (χ4n) is 1.28. The molecule has 2 rings (SSSR count). The number of thiophene rings is 1. The predicted molar refractivity (Wildman–Crippen MR) is 63.9 cm³/mol. The van der Waals surface area contributed by atoms with Crippen LogP contribution < -0.4 is 14.2 Å². The molecule has 0 aliphatic carbocycles. The molecule has 0 amide bonds. The molecule has 0 aliphatic heterocycles. The number of benzene rings is 1. The fraction of sp³-hybridized carbons (Fsp3) is 0.167. The van der Waals surface area contributed by atoms with E-state index in [9.17, 15) is 0 Å². The van der Waals surface area contributed by atoms with E-state index in [1.54, 1.807) is 31.6 Å². The molecule has 0 unspecified atom stereocenters. The van der Waals surface area contributed by atoms with Crippen molar-refractivity contribution in [1.29, 1.82) is 0 Å². The lowest BCUT2D eigenvalue weighted by Crippen LogP contribution is -1.89. The van der Waals surface area contributed by atoms with E-state index in [1.807, 2.05) is 29.6 Å². The standard InChI is InChI=1S/C12H12O3S/c1-13-9-6-10(14-2)8-11(7-9)15-12-4-3-5-16-12/h3-8H,1-2H3. The third kappa shape index (κ3) is 2.46. The van der Waals surface area contributed by atoms with Gasteiger partial charge in [0.05, 0.1) is 14.2 Å². The summed E-state index contributed by atoms with van der Waals surface area (Å²) in [7, 11) is 3.23. The zero-order valence-corrected chi connectivity index (χ0v) is 9.91. The molecular weight excluding hydrogens is 224 g/mol. The Kier molecular flexibility index (Phi) is 3.31. The number of hydrogen-bond acceptors (Lipinski definition) is 4. The normalized spacial score (nSPS) is 9.88. The van der Waals surface area contributed by atoms with Crippen LogP contribution in [0.4, 0.5) is 0 Å². The summed E-state index contributed by atoms with van der Waals surface area (Å²) in [5.74, 6) is 2.13. The second-order valence-corrected chi connectivity index (χ2v) is 3.99. The van der Waals surface area contributed by atoms with Gasteiger partial charge in [0, 0.05) is 18.2 Å². The van der Waals surface area contributed by atoms with Crippen LogP contribution in [-0.2, 0) is 0 Å². The zero-order chi connectivity index (χ0) is 11.4. The van der Waals surface area contributed by atoms with Crippen LogP contribution in [-0.4, -0.2) is 14.2 Å². The van der Waals surface area contributed by atoms with Crippen LogP contribution in [0.25, 0.3) is 0 Å². The van der Waals surface area contributed by atoms with E-state index in [4.69, 9.17) is 14.2 Å². The fourth-order valence-corrected chi connectivity index (χ4v) is 1.87. The maximum atomic E-state index is 5.66. The third-order valence-corrected chi connectivity index (χ3v) is 2.78. The Morgan fingerprint density at radius 3 is 2.06 bits per heavy atom. The lowest BCUT2D eigenvalue weighted by molar-refractivity contribution is 0.387. The van der Waals surface area contributed by atoms with Crippen molar-refractivity contribution in [2.75, 3.05) is 14.2 Å². The molecule has 1 heterocycles. The van der Waals surface area contributed by atoms with Crippen molar-refractivity contribution in [1.82, 2.24) is 0 Å². The number of methoxy groups -OCH3 is 2. The lowest BCUT2D eigenvalue weighted by atomic mass is 10.3. The molecule has 16 heavy (non-hydrogen) atoms. The molecule has 0 atom stereocenters. The Balaban J connectivity index is 2.26. The maximum Gasteiger partial charge on any atom is 0.180 e. The first-order valence-electron chi connectivity index (χ1n) is 4.76. The molecule has 4 heteroatoms. The Morgan fingerprint density at radius 1 is 0.938 bits per heavy atom. The molecule has 0 N–H and O–H groups in total. The molecule has 1 aromatic heterocycles. The van der Waals surface area contributed by atoms with Crippen LogP contribution in [0.2, 0.25) is 0 Å². The largest absolute Gasteiger partial charge is 0.496 e. The summed E-state index contributed by atoms with van der Waals surface area (Å²) in [6.07, 6.45) is 0. The third-order valence-electron chi connectivity index (χ3n) is 2.04. The van der Waals surface area contributed by atoms with Crippen LogP contribution in [0.1, 0.15) is 0 Å². The molecule has 0 saturated carbocycles. The minimum absolute atomic E-state index is 0.707. The quantitative estimate of drug-likeness (QED) is 0.812. The van der Waals surface area contributed by atoms with E-state index in [0.717, 1.165) is 5.06 Å². The summed E-state index contributed by atoms with van der Waals surface area (Å²) >= 11 is 1.54. The van der Waals surface area contributed by atoms with Gasteiger partial charge in [0.2, 0.25) is 0 Å². The van der Waals surface area contributed by atoms with E-state index in [0.29, 0.717) is 17.2 Å². The van der Waals surface area contributed by atoms with Crippen LogP contribution in [0.5, 0.6) is 22.3 Å². The van der Waals surface area contributed by atoms with Crippen LogP contribution in [0.3, 0.4) is 0 Å². The topological polar surface area (TPSA) is 27.7 Å². The Morgan fingerprint density at radius 2 is 1.56 bits per heavy atom. The zero-order valence-electron chi connectivity index (χ0n) is 9.10. The van der Waals surface area contributed by atoms with Crippen molar-refractivity contribution in [3.05, 3.63) is 35.7 Å². The van der Waals surface area contributed by atoms with Crippen molar-refractivity contribution in [3.8, 4) is 22.3 Å². The van der Waals surface area contributed by atoms with Gasteiger partial charge >= 0.3 is 0 Å². The lowest BCUT2D eigenvalue weighted by Gasteiger charge is -2.08. The van der Waals surface area contributed by atoms with Gasteiger partial charge in [-0.1, -0.05) is 0 Å². The Labute approximate surface area is 98.2 Å². The highest BCUT2D eigenvalue weighted by Gasteiger charge is 2.04. The molecule has 0 saturated heterocycles. The Bertz CT molecular complexity index is 429. The highest BCUT2D eigenvalue weighted by molar-refractivity contribution is 7.11. The van der Waals surface area contributed by atoms with Crippen molar-refractivity contribution in [3.63, 3.8) is 0 Å². The van der Waals surface area contributed by atoms with E-state index < -0.39 is 0 Å². The predicted octanol–water partition coefficient (Wildman–Crippen LogP) is 3.56. The molecule has 0 aliphatic rings. The van der Waals surface area contributed by atoms with Crippen molar-refractivity contribution >= 4 is 11.3 Å². The molecular formula is C12H12O3S. The monoisotopic (exact) mass is 236 g/mol. The van der Waals surface area contributed by atoms with Gasteiger partial charge in [-0.15, -0.1) is 11.3 Å². The molecule has 3 nitrogen and oxygen atoms in total. The average Bonchev–Trinajstić information content (AvgIpc) is 2.81. The number of hydrogen-bond donors (Lipinski definition) is 0. The van der Waals surface area contributed by atoms with E-state index in [1.165, 1.54) is 0 Å². The van der Waals surface area contributed by atoms with E-state index >= 15 is 0 Å². The molecule has 2 aromatic rings. The minimum Gasteiger partial charge on any atom is -0.496 e. The second kappa shape index (κ2) is 4.90. The summed E-state index contributed by atoms with van der Waals surface area (Å²) in [5.41, 5.74) is 0. The molecule has 0 spiro atoms. The van der Waals surface area contributed by atoms with E-state index in [2.05, 4.69) is 0 Å². The highest BCUT2D eigenvalue weighted by atomic mass is 32.1. The maximum absolute atomic E-state index is 5.66. The smallest absolute Gasteiger partial charge is 0.180 e. The molecule has 84 valence electrons. The summed E-state index contributed by atoms with van der Waals surface area (Å²) in [5, 5.41) is 2.81. The highest BCUT2D eigenvalue weighted by Crippen LogP contribution is 2.32. The van der Waals surface area contributed by atoms with Crippen molar-refractivity contribution in [2.24, 2.45) is 0 Å². The number of rotatable bonds is 4. The first-order valence-corrected chi connectivity index (χ1v) is 5.64. The van der Waals surface area contributed by atoms with Gasteiger partial charge in [-0.2, -0.15) is 0 Å². The first kappa shape index (κ1) is 10.8. The minimum atomic E-state index is 0.707. The summed E-state index contributed by atoms with van der Waals surface area (Å²) in [6, 6.07) is 9.31. The van der Waals surface area contributed by atoms with Gasteiger partial charge in [-0.25, -0.2) is 0 Å². The van der Waals surface area contributed by atoms with Crippen LogP contribution in [0.15, 0.2) is 35.7 Å². The Hall–Kier alpha value is -1.68. The SMILES string of the molecule is COc1cc(OC)cc(Oc2cccs2)c1. The van der Waals surface area contributed by atoms with Crippen molar-refractivity contribution in [2.45, 2.75) is 0 Å². The van der Waals surface area contributed by atoms with Crippen molar-refractivity contribution < 1.29 is 14.2 Å². The molecule has 0 radical (unpaired) electrons. The summed E-state index contributed by atoms with van der Waals surface area (Å²) in [6.45, 7) is 0. The summed E-state index contributed by atoms with van der Waals surface area (Å²) in [4.78, 5) is 0. The first-order chi connectivity index (χ1) is 7.81.